The van der Waals surface area contributed by atoms with Gasteiger partial charge in [-0.3, -0.25) is 0 Å². The van der Waals surface area contributed by atoms with Crippen molar-refractivity contribution in [2.24, 2.45) is 0 Å². The van der Waals surface area contributed by atoms with Gasteiger partial charge in [0.2, 0.25) is 5.89 Å². The number of hydrogen-bond acceptors (Lipinski definition) is 5. The lowest BCUT2D eigenvalue weighted by molar-refractivity contribution is 0.186. The number of carbonyl (C=O) groups is 1. The third-order valence-electron chi connectivity index (χ3n) is 3.19. The van der Waals surface area contributed by atoms with Gasteiger partial charge < -0.3 is 19.6 Å². The number of hydrogen-bond donors (Lipinski definition) is 1. The second kappa shape index (κ2) is 7.84. The van der Waals surface area contributed by atoms with Crippen molar-refractivity contribution in [1.29, 1.82) is 0 Å². The van der Waals surface area contributed by atoms with Gasteiger partial charge in [0.1, 0.15) is 6.54 Å². The Morgan fingerprint density at radius 1 is 1.45 bits per heavy atom. The predicted molar refractivity (Wildman–Crippen MR) is 76.3 cm³/mol. The molecule has 1 aromatic heterocycles. The van der Waals surface area contributed by atoms with Crippen molar-refractivity contribution in [2.45, 2.75) is 40.3 Å². The Labute approximate surface area is 120 Å². The molecule has 0 unspecified atom stereocenters. The molecule has 114 valence electrons. The van der Waals surface area contributed by atoms with Crippen molar-refractivity contribution >= 4 is 6.03 Å². The number of amides is 2. The number of aryl methyl sites for hydroxylation is 1. The normalized spacial score (nSPS) is 11.2. The number of aromatic nitrogens is 2. The van der Waals surface area contributed by atoms with Crippen LogP contribution in [0.25, 0.3) is 0 Å². The minimum Gasteiger partial charge on any atom is -0.337 e. The zero-order chi connectivity index (χ0) is 15.1. The molecule has 0 aromatic carbocycles. The highest BCUT2D eigenvalue weighted by Crippen LogP contribution is 2.02. The first-order valence-electron chi connectivity index (χ1n) is 6.96. The van der Waals surface area contributed by atoms with Gasteiger partial charge in [0.25, 0.3) is 0 Å². The van der Waals surface area contributed by atoms with E-state index in [0.717, 1.165) is 6.54 Å². The Morgan fingerprint density at radius 3 is 2.65 bits per heavy atom. The average Bonchev–Trinajstić information content (AvgIpc) is 2.81. The van der Waals surface area contributed by atoms with Gasteiger partial charge in [0.05, 0.1) is 0 Å². The number of nitrogens with zero attached hydrogens (tertiary/aromatic N) is 4. The molecule has 0 radical (unpaired) electrons. The van der Waals surface area contributed by atoms with Crippen molar-refractivity contribution in [3.05, 3.63) is 11.7 Å². The second-order valence-electron chi connectivity index (χ2n) is 5.06. The number of urea groups is 1. The number of rotatable bonds is 7. The van der Waals surface area contributed by atoms with Crippen LogP contribution in [0.4, 0.5) is 4.79 Å². The molecule has 0 spiro atoms. The van der Waals surface area contributed by atoms with Crippen molar-refractivity contribution in [3.63, 3.8) is 0 Å². The fourth-order valence-electron chi connectivity index (χ4n) is 1.60. The fourth-order valence-corrected chi connectivity index (χ4v) is 1.60. The van der Waals surface area contributed by atoms with Crippen molar-refractivity contribution in [2.75, 3.05) is 26.7 Å². The van der Waals surface area contributed by atoms with Crippen LogP contribution in [0.15, 0.2) is 4.52 Å². The van der Waals surface area contributed by atoms with Crippen LogP contribution in [0.5, 0.6) is 0 Å². The second-order valence-corrected chi connectivity index (χ2v) is 5.06. The van der Waals surface area contributed by atoms with Gasteiger partial charge in [-0.25, -0.2) is 4.79 Å². The summed E-state index contributed by atoms with van der Waals surface area (Å²) in [5.74, 6) is 1.04. The standard InChI is InChI=1S/C13H25N5O2/c1-6-18(9-12-15-11(4)16-20-12)13(19)14-7-8-17(5)10(2)3/h10H,6-9H2,1-5H3,(H,14,19). The van der Waals surface area contributed by atoms with Crippen LogP contribution in [0.1, 0.15) is 32.5 Å². The molecular formula is C13H25N5O2. The molecule has 0 fully saturated rings. The molecule has 7 heteroatoms. The Bertz CT molecular complexity index is 419. The van der Waals surface area contributed by atoms with E-state index in [1.807, 2.05) is 14.0 Å². The number of likely N-dealkylation sites (N-methyl/N-ethyl adjacent to an activating group) is 1. The van der Waals surface area contributed by atoms with Crippen molar-refractivity contribution in [1.82, 2.24) is 25.3 Å². The van der Waals surface area contributed by atoms with Crippen molar-refractivity contribution < 1.29 is 9.32 Å². The maximum absolute atomic E-state index is 12.0. The zero-order valence-corrected chi connectivity index (χ0v) is 13.0. The van der Waals surface area contributed by atoms with E-state index in [4.69, 9.17) is 4.52 Å². The molecule has 20 heavy (non-hydrogen) atoms. The molecule has 7 nitrogen and oxygen atoms in total. The van der Waals surface area contributed by atoms with Crippen molar-refractivity contribution in [3.8, 4) is 0 Å². The summed E-state index contributed by atoms with van der Waals surface area (Å²) in [7, 11) is 2.04. The minimum atomic E-state index is -0.111. The largest absolute Gasteiger partial charge is 0.337 e. The monoisotopic (exact) mass is 283 g/mol. The van der Waals surface area contributed by atoms with E-state index in [9.17, 15) is 4.79 Å². The summed E-state index contributed by atoms with van der Waals surface area (Å²) in [5.41, 5.74) is 0. The number of carbonyl (C=O) groups excluding carboxylic acids is 1. The van der Waals surface area contributed by atoms with E-state index in [2.05, 4.69) is 34.2 Å². The SMILES string of the molecule is CCN(Cc1nc(C)no1)C(=O)NCCN(C)C(C)C. The predicted octanol–water partition coefficient (Wildman–Crippen LogP) is 1.25. The van der Waals surface area contributed by atoms with Crippen LogP contribution in [-0.4, -0.2) is 58.7 Å². The van der Waals surface area contributed by atoms with Gasteiger partial charge in [0, 0.05) is 25.7 Å². The highest BCUT2D eigenvalue weighted by atomic mass is 16.5. The van der Waals surface area contributed by atoms with Gasteiger partial charge in [0.15, 0.2) is 5.82 Å². The molecule has 0 bridgehead atoms. The summed E-state index contributed by atoms with van der Waals surface area (Å²) in [6, 6.07) is 0.357. The summed E-state index contributed by atoms with van der Waals surface area (Å²) in [5, 5.41) is 6.62. The molecule has 0 aliphatic carbocycles. The Balaban J connectivity index is 2.39. The Morgan fingerprint density at radius 2 is 2.15 bits per heavy atom. The Hall–Kier alpha value is -1.63. The molecule has 2 amide bonds. The van der Waals surface area contributed by atoms with Gasteiger partial charge in [-0.2, -0.15) is 4.98 Å². The summed E-state index contributed by atoms with van der Waals surface area (Å²) < 4.78 is 5.03. The van der Waals surface area contributed by atoms with E-state index in [0.29, 0.717) is 37.4 Å². The van der Waals surface area contributed by atoms with Crippen LogP contribution in [0.3, 0.4) is 0 Å². The van der Waals surface area contributed by atoms with Crippen LogP contribution in [0.2, 0.25) is 0 Å². The summed E-state index contributed by atoms with van der Waals surface area (Å²) in [6.07, 6.45) is 0. The quantitative estimate of drug-likeness (QED) is 0.815. The topological polar surface area (TPSA) is 74.5 Å². The van der Waals surface area contributed by atoms with Gasteiger partial charge >= 0.3 is 6.03 Å². The lowest BCUT2D eigenvalue weighted by atomic mass is 10.3. The summed E-state index contributed by atoms with van der Waals surface area (Å²) in [4.78, 5) is 20.0. The van der Waals surface area contributed by atoms with E-state index in [-0.39, 0.29) is 6.03 Å². The van der Waals surface area contributed by atoms with E-state index < -0.39 is 0 Å². The first kappa shape index (κ1) is 16.4. The molecular weight excluding hydrogens is 258 g/mol. The van der Waals surface area contributed by atoms with Crippen LogP contribution < -0.4 is 5.32 Å². The first-order chi connectivity index (χ1) is 9.43. The molecule has 0 saturated heterocycles. The van der Waals surface area contributed by atoms with E-state index >= 15 is 0 Å². The molecule has 1 heterocycles. The third kappa shape index (κ3) is 5.16. The van der Waals surface area contributed by atoms with Crippen LogP contribution >= 0.6 is 0 Å². The van der Waals surface area contributed by atoms with Gasteiger partial charge in [-0.05, 0) is 34.7 Å². The molecule has 1 aromatic rings. The first-order valence-corrected chi connectivity index (χ1v) is 6.96. The maximum atomic E-state index is 12.0. The van der Waals surface area contributed by atoms with Gasteiger partial charge in [-0.15, -0.1) is 0 Å². The number of nitrogens with one attached hydrogen (secondary N) is 1. The molecule has 0 aliphatic rings. The van der Waals surface area contributed by atoms with Crippen LogP contribution in [-0.2, 0) is 6.54 Å². The smallest absolute Gasteiger partial charge is 0.317 e. The highest BCUT2D eigenvalue weighted by molar-refractivity contribution is 5.73. The lowest BCUT2D eigenvalue weighted by Crippen LogP contribution is -2.43. The molecule has 0 atom stereocenters. The molecule has 0 aliphatic heterocycles. The zero-order valence-electron chi connectivity index (χ0n) is 13.0. The average molecular weight is 283 g/mol. The molecule has 1 rings (SSSR count). The maximum Gasteiger partial charge on any atom is 0.317 e. The Kier molecular flexibility index (Phi) is 6.44. The molecule has 1 N–H and O–H groups in total. The van der Waals surface area contributed by atoms with E-state index in [1.165, 1.54) is 0 Å². The fraction of sp³-hybridized carbons (Fsp3) is 0.769. The van der Waals surface area contributed by atoms with Crippen LogP contribution in [0, 0.1) is 6.92 Å². The lowest BCUT2D eigenvalue weighted by Gasteiger charge is -2.23. The van der Waals surface area contributed by atoms with Gasteiger partial charge in [-0.1, -0.05) is 5.16 Å². The summed E-state index contributed by atoms with van der Waals surface area (Å²) >= 11 is 0. The van der Waals surface area contributed by atoms with E-state index in [1.54, 1.807) is 11.8 Å². The highest BCUT2D eigenvalue weighted by Gasteiger charge is 2.15. The third-order valence-corrected chi connectivity index (χ3v) is 3.19. The summed E-state index contributed by atoms with van der Waals surface area (Å²) in [6.45, 7) is 10.3. The minimum absolute atomic E-state index is 0.111. The molecule has 0 saturated carbocycles.